The van der Waals surface area contributed by atoms with Crippen LogP contribution in [-0.4, -0.2) is 12.9 Å². The van der Waals surface area contributed by atoms with Crippen LogP contribution >= 0.6 is 0 Å². The van der Waals surface area contributed by atoms with Crippen molar-refractivity contribution in [1.82, 2.24) is 0 Å². The van der Waals surface area contributed by atoms with Crippen molar-refractivity contribution in [3.05, 3.63) is 29.8 Å². The molecule has 0 atom stereocenters. The van der Waals surface area contributed by atoms with Crippen molar-refractivity contribution in [1.29, 1.82) is 0 Å². The molecule has 1 rings (SSSR count). The van der Waals surface area contributed by atoms with Gasteiger partial charge in [-0.25, -0.2) is 0 Å². The summed E-state index contributed by atoms with van der Waals surface area (Å²) < 4.78 is 5.48. The molecule has 0 spiro atoms. The number of unbranched alkanes of at least 4 members (excludes halogenated alkanes) is 2. The minimum absolute atomic E-state index is 0. The molecule has 87 valence electrons. The van der Waals surface area contributed by atoms with Crippen LogP contribution in [0.1, 0.15) is 31.7 Å². The molecule has 0 aliphatic heterocycles. The Morgan fingerprint density at radius 2 is 1.87 bits per heavy atom. The van der Waals surface area contributed by atoms with Crippen LogP contribution in [0.4, 0.5) is 0 Å². The average Bonchev–Trinajstić information content (AvgIpc) is 2.25. The van der Waals surface area contributed by atoms with Gasteiger partial charge < -0.3 is 9.53 Å². The van der Waals surface area contributed by atoms with E-state index in [-0.39, 0.29) is 37.7 Å². The van der Waals surface area contributed by atoms with Crippen LogP contribution in [0.25, 0.3) is 0 Å². The van der Waals surface area contributed by atoms with Gasteiger partial charge in [0.15, 0.2) is 0 Å². The molecule has 0 aliphatic rings. The molecule has 1 aromatic carbocycles. The largest absolute Gasteiger partial charge is 0.496 e. The van der Waals surface area contributed by atoms with Crippen molar-refractivity contribution in [2.45, 2.75) is 26.2 Å². The van der Waals surface area contributed by atoms with E-state index in [1.807, 2.05) is 6.29 Å². The molecule has 0 saturated heterocycles. The van der Waals surface area contributed by atoms with E-state index < -0.39 is 0 Å². The van der Waals surface area contributed by atoms with Crippen LogP contribution in [0.3, 0.4) is 0 Å². The van der Waals surface area contributed by atoms with Crippen LogP contribution in [0, 0.1) is 37.7 Å². The molecule has 0 heterocycles. The van der Waals surface area contributed by atoms with E-state index in [4.69, 9.17) is 4.74 Å². The van der Waals surface area contributed by atoms with Crippen molar-refractivity contribution in [3.8, 4) is 5.75 Å². The first kappa shape index (κ1) is 14.9. The standard InChI is InChI=1S/C12H15O2.Ho/c1-2-3-4-9-14-12-7-5-11(10-13)6-8-12;/h5-8H,2-4,9H2,1H3;/q-1;. The van der Waals surface area contributed by atoms with E-state index in [0.717, 1.165) is 18.8 Å². The summed E-state index contributed by atoms with van der Waals surface area (Å²) >= 11 is 0. The van der Waals surface area contributed by atoms with Crippen LogP contribution in [0.15, 0.2) is 24.3 Å². The zero-order valence-electron chi connectivity index (χ0n) is 8.76. The predicted octanol–water partition coefficient (Wildman–Crippen LogP) is 2.71. The Kier molecular flexibility index (Phi) is 9.16. The Morgan fingerprint density at radius 3 is 2.40 bits per heavy atom. The molecule has 0 bridgehead atoms. The SMILES string of the molecule is CCCCCOc1ccc([C-]=O)cc1.[Ho]. The van der Waals surface area contributed by atoms with Crippen LogP contribution in [0.5, 0.6) is 5.75 Å². The number of ether oxygens (including phenoxy) is 1. The van der Waals surface area contributed by atoms with Gasteiger partial charge in [0.1, 0.15) is 0 Å². The Balaban J connectivity index is 0.00000196. The van der Waals surface area contributed by atoms with E-state index >= 15 is 0 Å². The first-order valence-corrected chi connectivity index (χ1v) is 4.98. The summed E-state index contributed by atoms with van der Waals surface area (Å²) in [6.07, 6.45) is 5.30. The maximum atomic E-state index is 10.3. The van der Waals surface area contributed by atoms with E-state index in [1.54, 1.807) is 24.3 Å². The predicted molar refractivity (Wildman–Crippen MR) is 56.3 cm³/mol. The molecule has 2 nitrogen and oxygen atoms in total. The number of rotatable bonds is 6. The minimum Gasteiger partial charge on any atom is -0.496 e. The van der Waals surface area contributed by atoms with Crippen LogP contribution < -0.4 is 4.74 Å². The Hall–Kier alpha value is -0.0503. The first-order chi connectivity index (χ1) is 6.86. The summed E-state index contributed by atoms with van der Waals surface area (Å²) in [5.41, 5.74) is 0.561. The third-order valence-electron chi connectivity index (χ3n) is 1.99. The molecule has 15 heavy (non-hydrogen) atoms. The van der Waals surface area contributed by atoms with Gasteiger partial charge in [0.05, 0.1) is 18.6 Å². The smallest absolute Gasteiger partial charge is 0.0947 e. The third kappa shape index (κ3) is 6.18. The normalized spacial score (nSPS) is 9.13. The van der Waals surface area contributed by atoms with E-state index in [2.05, 4.69) is 6.92 Å². The van der Waals surface area contributed by atoms with Crippen molar-refractivity contribution in [2.75, 3.05) is 6.61 Å². The second-order valence-electron chi connectivity index (χ2n) is 3.18. The summed E-state index contributed by atoms with van der Waals surface area (Å²) in [6, 6.07) is 7.02. The van der Waals surface area contributed by atoms with Crippen molar-refractivity contribution >= 4 is 6.29 Å². The maximum Gasteiger partial charge on any atom is 0.0947 e. The summed E-state index contributed by atoms with van der Waals surface area (Å²) in [4.78, 5) is 10.3. The van der Waals surface area contributed by atoms with Gasteiger partial charge in [-0.05, 0) is 6.42 Å². The van der Waals surface area contributed by atoms with E-state index in [1.165, 1.54) is 12.8 Å². The summed E-state index contributed by atoms with van der Waals surface area (Å²) in [6.45, 7) is 2.91. The Bertz CT molecular complexity index is 269. The van der Waals surface area contributed by atoms with Gasteiger partial charge in [-0.15, -0.1) is 0 Å². The number of benzene rings is 1. The van der Waals surface area contributed by atoms with Crippen molar-refractivity contribution < 1.29 is 47.3 Å². The van der Waals surface area contributed by atoms with Crippen molar-refractivity contribution in [3.63, 3.8) is 0 Å². The maximum absolute atomic E-state index is 10.3. The second kappa shape index (κ2) is 9.20. The first-order valence-electron chi connectivity index (χ1n) is 4.98. The number of hydrogen-bond donors (Lipinski definition) is 0. The average molecular weight is 356 g/mol. The molecule has 1 aromatic rings. The van der Waals surface area contributed by atoms with Gasteiger partial charge in [-0.1, -0.05) is 31.9 Å². The molecule has 0 fully saturated rings. The monoisotopic (exact) mass is 356 g/mol. The Labute approximate surface area is 121 Å². The topological polar surface area (TPSA) is 26.3 Å². The molecule has 3 heteroatoms. The molecule has 0 amide bonds. The summed E-state index contributed by atoms with van der Waals surface area (Å²) in [5, 5.41) is 0. The van der Waals surface area contributed by atoms with Gasteiger partial charge in [0.25, 0.3) is 0 Å². The molecule has 1 radical (unpaired) electrons. The quantitative estimate of drug-likeness (QED) is 0.445. The van der Waals surface area contributed by atoms with Crippen LogP contribution in [0.2, 0.25) is 0 Å². The van der Waals surface area contributed by atoms with Gasteiger partial charge in [0.2, 0.25) is 0 Å². The molecule has 0 aliphatic carbocycles. The molecule has 0 saturated carbocycles. The molecular weight excluding hydrogens is 341 g/mol. The van der Waals surface area contributed by atoms with Crippen molar-refractivity contribution in [2.24, 2.45) is 0 Å². The van der Waals surface area contributed by atoms with Gasteiger partial charge in [-0.2, -0.15) is 17.7 Å². The second-order valence-corrected chi connectivity index (χ2v) is 3.18. The molecule has 0 unspecified atom stereocenters. The molecule has 0 N–H and O–H groups in total. The third-order valence-corrected chi connectivity index (χ3v) is 1.99. The Morgan fingerprint density at radius 1 is 1.20 bits per heavy atom. The number of hydrogen-bond acceptors (Lipinski definition) is 2. The van der Waals surface area contributed by atoms with Crippen LogP contribution in [-0.2, 0) is 4.79 Å². The van der Waals surface area contributed by atoms with E-state index in [9.17, 15) is 4.79 Å². The summed E-state index contributed by atoms with van der Waals surface area (Å²) in [7, 11) is 0. The number of carbonyl (C=O) groups excluding carboxylic acids is 1. The van der Waals surface area contributed by atoms with Gasteiger partial charge >= 0.3 is 0 Å². The molecular formula is C12H15HoO2-. The minimum atomic E-state index is 0. The van der Waals surface area contributed by atoms with Gasteiger partial charge in [0, 0.05) is 37.7 Å². The zero-order chi connectivity index (χ0) is 10.2. The fraction of sp³-hybridized carbons (Fsp3) is 0.417. The fourth-order valence-corrected chi connectivity index (χ4v) is 1.16. The zero-order valence-corrected chi connectivity index (χ0v) is 10.7. The molecule has 0 aromatic heterocycles. The summed E-state index contributed by atoms with van der Waals surface area (Å²) in [5.74, 6) is 0.820. The van der Waals surface area contributed by atoms with E-state index in [0.29, 0.717) is 5.56 Å². The van der Waals surface area contributed by atoms with Gasteiger partial charge in [-0.3, -0.25) is 0 Å². The fourth-order valence-electron chi connectivity index (χ4n) is 1.16.